The smallest absolute Gasteiger partial charge is 0.128 e. The molecule has 0 aliphatic carbocycles. The van der Waals surface area contributed by atoms with E-state index in [2.05, 4.69) is 28.8 Å². The van der Waals surface area contributed by atoms with Gasteiger partial charge in [0.1, 0.15) is 11.5 Å². The van der Waals surface area contributed by atoms with E-state index in [9.17, 15) is 0 Å². The molecule has 0 amide bonds. The van der Waals surface area contributed by atoms with E-state index in [1.807, 2.05) is 36.4 Å². The summed E-state index contributed by atoms with van der Waals surface area (Å²) < 4.78 is 9.21. The molecule has 0 aromatic heterocycles. The van der Waals surface area contributed by atoms with Crippen molar-refractivity contribution in [2.45, 2.75) is 4.90 Å². The zero-order valence-corrected chi connectivity index (χ0v) is 11.6. The molecule has 4 heteroatoms. The maximum atomic E-state index is 5.86. The second kappa shape index (κ2) is 5.55. The van der Waals surface area contributed by atoms with Crippen molar-refractivity contribution < 1.29 is 4.74 Å². The third kappa shape index (κ3) is 2.85. The number of hydrogen-bond acceptors (Lipinski definition) is 4. The highest BCUT2D eigenvalue weighted by atomic mass is 32.2. The molecule has 3 rings (SSSR count). The maximum absolute atomic E-state index is 5.86. The molecule has 0 saturated heterocycles. The zero-order chi connectivity index (χ0) is 13.1. The summed E-state index contributed by atoms with van der Waals surface area (Å²) in [6, 6.07) is 16.1. The lowest BCUT2D eigenvalue weighted by Gasteiger charge is -2.18. The normalized spacial score (nSPS) is 14.7. The van der Waals surface area contributed by atoms with Gasteiger partial charge in [0.2, 0.25) is 0 Å². The Kier molecular flexibility index (Phi) is 3.62. The fraction of sp³-hybridized carbons (Fsp3) is 0.200. The van der Waals surface area contributed by atoms with E-state index >= 15 is 0 Å². The van der Waals surface area contributed by atoms with Gasteiger partial charge in [-0.25, -0.2) is 0 Å². The van der Waals surface area contributed by atoms with E-state index in [-0.39, 0.29) is 0 Å². The summed E-state index contributed by atoms with van der Waals surface area (Å²) in [6.45, 7) is 1.99. The van der Waals surface area contributed by atoms with Crippen LogP contribution in [0, 0.1) is 0 Å². The number of rotatable bonds is 2. The molecule has 1 N–H and O–H groups in total. The molecule has 0 atom stereocenters. The van der Waals surface area contributed by atoms with Crippen molar-refractivity contribution in [2.24, 2.45) is 0 Å². The molecule has 2 aromatic carbocycles. The van der Waals surface area contributed by atoms with Crippen LogP contribution in [-0.2, 0) is 0 Å². The number of ether oxygens (including phenoxy) is 1. The Labute approximate surface area is 117 Å². The molecule has 1 aliphatic heterocycles. The molecule has 19 heavy (non-hydrogen) atoms. The number of nitrogens with one attached hydrogen (secondary N) is 1. The third-order valence-electron chi connectivity index (χ3n) is 3.05. The number of anilines is 1. The number of fused-ring (bicyclic) bond motifs is 1. The molecular weight excluding hydrogens is 256 g/mol. The zero-order valence-electron chi connectivity index (χ0n) is 10.8. The predicted octanol–water partition coefficient (Wildman–Crippen LogP) is 3.53. The van der Waals surface area contributed by atoms with Crippen LogP contribution < -0.4 is 14.4 Å². The van der Waals surface area contributed by atoms with Crippen LogP contribution in [0.1, 0.15) is 0 Å². The minimum Gasteiger partial charge on any atom is -0.457 e. The first-order valence-corrected chi connectivity index (χ1v) is 7.12. The van der Waals surface area contributed by atoms with Crippen molar-refractivity contribution in [3.8, 4) is 11.5 Å². The van der Waals surface area contributed by atoms with Crippen LogP contribution in [0.15, 0.2) is 53.4 Å². The van der Waals surface area contributed by atoms with E-state index in [1.165, 1.54) is 10.6 Å². The Morgan fingerprint density at radius 3 is 2.79 bits per heavy atom. The topological polar surface area (TPSA) is 24.5 Å². The molecule has 3 nitrogen and oxygen atoms in total. The summed E-state index contributed by atoms with van der Waals surface area (Å²) in [7, 11) is 2.12. The standard InChI is InChI=1S/C15H16N2OS/c1-17-10-9-16-19-15-11-13(7-8-14(15)17)18-12-5-3-2-4-6-12/h2-8,11,16H,9-10H2,1H3. The first-order chi connectivity index (χ1) is 9.33. The van der Waals surface area contributed by atoms with Gasteiger partial charge >= 0.3 is 0 Å². The van der Waals surface area contributed by atoms with Crippen LogP contribution in [0.25, 0.3) is 0 Å². The number of likely N-dealkylation sites (N-methyl/N-ethyl adjacent to an activating group) is 1. The van der Waals surface area contributed by atoms with Crippen molar-refractivity contribution in [2.75, 3.05) is 25.0 Å². The van der Waals surface area contributed by atoms with Crippen molar-refractivity contribution in [1.29, 1.82) is 0 Å². The van der Waals surface area contributed by atoms with Crippen LogP contribution >= 0.6 is 11.9 Å². The molecule has 0 spiro atoms. The first-order valence-electron chi connectivity index (χ1n) is 6.31. The molecule has 0 fully saturated rings. The quantitative estimate of drug-likeness (QED) is 0.845. The summed E-state index contributed by atoms with van der Waals surface area (Å²) >= 11 is 1.67. The van der Waals surface area contributed by atoms with Gasteiger partial charge in [0, 0.05) is 25.0 Å². The predicted molar refractivity (Wildman–Crippen MR) is 80.1 cm³/mol. The minimum atomic E-state index is 0.863. The Bertz CT molecular complexity index is 559. The summed E-state index contributed by atoms with van der Waals surface area (Å²) in [4.78, 5) is 3.46. The summed E-state index contributed by atoms with van der Waals surface area (Å²) in [6.07, 6.45) is 0. The van der Waals surface area contributed by atoms with E-state index in [0.29, 0.717) is 0 Å². The lowest BCUT2D eigenvalue weighted by atomic mass is 10.2. The van der Waals surface area contributed by atoms with Crippen molar-refractivity contribution in [1.82, 2.24) is 4.72 Å². The van der Waals surface area contributed by atoms with Gasteiger partial charge in [0.05, 0.1) is 5.69 Å². The van der Waals surface area contributed by atoms with E-state index in [4.69, 9.17) is 4.74 Å². The van der Waals surface area contributed by atoms with Gasteiger partial charge in [-0.3, -0.25) is 4.72 Å². The molecule has 2 aromatic rings. The lowest BCUT2D eigenvalue weighted by Crippen LogP contribution is -2.23. The van der Waals surface area contributed by atoms with E-state index < -0.39 is 0 Å². The Hall–Kier alpha value is -1.65. The highest BCUT2D eigenvalue weighted by Gasteiger charge is 2.13. The van der Waals surface area contributed by atoms with Crippen LogP contribution in [0.3, 0.4) is 0 Å². The number of hydrogen-bond donors (Lipinski definition) is 1. The number of benzene rings is 2. The number of para-hydroxylation sites is 1. The van der Waals surface area contributed by atoms with Gasteiger partial charge in [-0.1, -0.05) is 18.2 Å². The Morgan fingerprint density at radius 1 is 1.11 bits per heavy atom. The Balaban J connectivity index is 1.87. The molecule has 1 heterocycles. The minimum absolute atomic E-state index is 0.863. The average molecular weight is 272 g/mol. The highest BCUT2D eigenvalue weighted by Crippen LogP contribution is 2.34. The molecule has 0 radical (unpaired) electrons. The van der Waals surface area contributed by atoms with Crippen LogP contribution in [0.4, 0.5) is 5.69 Å². The van der Waals surface area contributed by atoms with Crippen LogP contribution in [0.2, 0.25) is 0 Å². The van der Waals surface area contributed by atoms with Gasteiger partial charge in [0.25, 0.3) is 0 Å². The third-order valence-corrected chi connectivity index (χ3v) is 3.95. The lowest BCUT2D eigenvalue weighted by molar-refractivity contribution is 0.481. The largest absolute Gasteiger partial charge is 0.457 e. The van der Waals surface area contributed by atoms with Gasteiger partial charge in [-0.05, 0) is 42.3 Å². The number of nitrogens with zero attached hydrogens (tertiary/aromatic N) is 1. The first kappa shape index (κ1) is 12.4. The van der Waals surface area contributed by atoms with Crippen molar-refractivity contribution >= 4 is 17.6 Å². The van der Waals surface area contributed by atoms with Crippen molar-refractivity contribution in [3.05, 3.63) is 48.5 Å². The summed E-state index contributed by atoms with van der Waals surface area (Å²) in [5, 5.41) is 0. The van der Waals surface area contributed by atoms with Gasteiger partial charge in [-0.15, -0.1) is 0 Å². The molecule has 0 bridgehead atoms. The highest BCUT2D eigenvalue weighted by molar-refractivity contribution is 7.97. The average Bonchev–Trinajstić information content (AvgIpc) is 2.62. The summed E-state index contributed by atoms with van der Waals surface area (Å²) in [5.41, 5.74) is 1.25. The monoisotopic (exact) mass is 272 g/mol. The van der Waals surface area contributed by atoms with E-state index in [1.54, 1.807) is 11.9 Å². The maximum Gasteiger partial charge on any atom is 0.128 e. The van der Waals surface area contributed by atoms with Crippen LogP contribution in [-0.4, -0.2) is 20.1 Å². The van der Waals surface area contributed by atoms with Gasteiger partial charge < -0.3 is 9.64 Å². The Morgan fingerprint density at radius 2 is 1.95 bits per heavy atom. The van der Waals surface area contributed by atoms with Gasteiger partial charge in [0.15, 0.2) is 0 Å². The van der Waals surface area contributed by atoms with Crippen molar-refractivity contribution in [3.63, 3.8) is 0 Å². The van der Waals surface area contributed by atoms with Gasteiger partial charge in [-0.2, -0.15) is 0 Å². The molecule has 1 aliphatic rings. The summed E-state index contributed by atoms with van der Waals surface area (Å²) in [5.74, 6) is 1.73. The molecule has 0 saturated carbocycles. The fourth-order valence-electron chi connectivity index (χ4n) is 2.04. The molecular formula is C15H16N2OS. The second-order valence-electron chi connectivity index (χ2n) is 4.46. The molecule has 0 unspecified atom stereocenters. The van der Waals surface area contributed by atoms with Crippen LogP contribution in [0.5, 0.6) is 11.5 Å². The molecule has 98 valence electrons. The fourth-order valence-corrected chi connectivity index (χ4v) is 2.89. The second-order valence-corrected chi connectivity index (χ2v) is 5.40. The SMILES string of the molecule is CN1CCNSc2cc(Oc3ccccc3)ccc21. The van der Waals surface area contributed by atoms with E-state index in [0.717, 1.165) is 24.6 Å².